The van der Waals surface area contributed by atoms with Crippen LogP contribution in [0.2, 0.25) is 0 Å². The Labute approximate surface area is 237 Å². The molecule has 0 atom stereocenters. The highest BCUT2D eigenvalue weighted by atomic mass is 19.4. The van der Waals surface area contributed by atoms with Crippen LogP contribution in [0.5, 0.6) is 5.75 Å². The van der Waals surface area contributed by atoms with Crippen LogP contribution >= 0.6 is 0 Å². The van der Waals surface area contributed by atoms with Crippen molar-refractivity contribution in [3.8, 4) is 23.1 Å². The summed E-state index contributed by atoms with van der Waals surface area (Å²) in [5.74, 6) is 0.684. The number of carbonyl (C=O) groups is 1. The lowest BCUT2D eigenvalue weighted by molar-refractivity contribution is -0.137. The number of nitriles is 1. The molecule has 2 heterocycles. The predicted octanol–water partition coefficient (Wildman–Crippen LogP) is 5.43. The molecule has 3 aromatic rings. The van der Waals surface area contributed by atoms with Crippen molar-refractivity contribution in [2.45, 2.75) is 24.6 Å². The van der Waals surface area contributed by atoms with Gasteiger partial charge < -0.3 is 24.6 Å². The molecule has 1 N–H and O–H groups in total. The van der Waals surface area contributed by atoms with Gasteiger partial charge in [0, 0.05) is 31.4 Å². The summed E-state index contributed by atoms with van der Waals surface area (Å²) < 4.78 is 50.5. The van der Waals surface area contributed by atoms with E-state index in [1.165, 1.54) is 6.07 Å². The number of pyridine rings is 1. The van der Waals surface area contributed by atoms with Crippen LogP contribution in [-0.2, 0) is 16.5 Å². The van der Waals surface area contributed by atoms with Crippen LogP contribution in [0, 0.1) is 11.3 Å². The molecule has 8 nitrogen and oxygen atoms in total. The molecule has 0 spiro atoms. The zero-order chi connectivity index (χ0) is 29.6. The molecule has 1 aliphatic heterocycles. The van der Waals surface area contributed by atoms with Crippen molar-refractivity contribution in [2.24, 2.45) is 0 Å². The Bertz CT molecular complexity index is 1400. The van der Waals surface area contributed by atoms with Gasteiger partial charge in [-0.25, -0.2) is 4.79 Å². The zero-order valence-corrected chi connectivity index (χ0v) is 23.2. The van der Waals surface area contributed by atoms with E-state index in [1.807, 2.05) is 66.4 Å². The van der Waals surface area contributed by atoms with Crippen LogP contribution in [0.15, 0.2) is 60.8 Å². The predicted molar refractivity (Wildman–Crippen MR) is 149 cm³/mol. The van der Waals surface area contributed by atoms with E-state index in [2.05, 4.69) is 10.3 Å². The normalized spacial score (nSPS) is 14.8. The van der Waals surface area contributed by atoms with Crippen LogP contribution in [-0.4, -0.2) is 63.4 Å². The second-order valence-corrected chi connectivity index (χ2v) is 10.1. The molecule has 41 heavy (non-hydrogen) atoms. The van der Waals surface area contributed by atoms with Crippen molar-refractivity contribution in [1.82, 2.24) is 15.2 Å². The van der Waals surface area contributed by atoms with E-state index >= 15 is 0 Å². The monoisotopic (exact) mass is 567 g/mol. The first kappa shape index (κ1) is 29.7. The first-order valence-electron chi connectivity index (χ1n) is 13.1. The highest BCUT2D eigenvalue weighted by Gasteiger charge is 2.39. The Hall–Kier alpha value is -4.30. The molecule has 4 rings (SSSR count). The minimum Gasteiger partial charge on any atom is -0.496 e. The molecule has 1 saturated heterocycles. The lowest BCUT2D eigenvalue weighted by Gasteiger charge is -2.43. The molecule has 1 aliphatic rings. The van der Waals surface area contributed by atoms with Gasteiger partial charge in [0.05, 0.1) is 35.2 Å². The topological polar surface area (TPSA) is 90.7 Å². The van der Waals surface area contributed by atoms with E-state index in [0.717, 1.165) is 23.3 Å². The van der Waals surface area contributed by atoms with Gasteiger partial charge in [0.25, 0.3) is 0 Å². The number of piperidine rings is 1. The summed E-state index contributed by atoms with van der Waals surface area (Å²) in [6, 6.07) is 16.4. The van der Waals surface area contributed by atoms with Crippen LogP contribution in [0.4, 0.5) is 23.7 Å². The molecule has 11 heteroatoms. The molecule has 2 aromatic carbocycles. The molecule has 216 valence electrons. The third-order valence-corrected chi connectivity index (χ3v) is 7.21. The Morgan fingerprint density at radius 3 is 2.49 bits per heavy atom. The number of alkyl halides is 3. The Morgan fingerprint density at radius 2 is 1.88 bits per heavy atom. The van der Waals surface area contributed by atoms with Gasteiger partial charge in [-0.05, 0) is 68.9 Å². The molecule has 1 fully saturated rings. The van der Waals surface area contributed by atoms with Crippen molar-refractivity contribution in [3.63, 3.8) is 0 Å². The Kier molecular flexibility index (Phi) is 9.03. The summed E-state index contributed by atoms with van der Waals surface area (Å²) >= 11 is 0. The molecule has 0 unspecified atom stereocenters. The molecular weight excluding hydrogens is 535 g/mol. The van der Waals surface area contributed by atoms with Crippen molar-refractivity contribution in [2.75, 3.05) is 52.3 Å². The number of methoxy groups -OCH3 is 1. The second-order valence-electron chi connectivity index (χ2n) is 10.1. The van der Waals surface area contributed by atoms with E-state index in [-0.39, 0.29) is 12.2 Å². The maximum Gasteiger partial charge on any atom is 0.416 e. The fourth-order valence-electron chi connectivity index (χ4n) is 4.94. The number of nitrogens with zero attached hydrogens (tertiary/aromatic N) is 4. The van der Waals surface area contributed by atoms with Gasteiger partial charge in [-0.3, -0.25) is 4.98 Å². The minimum atomic E-state index is -4.54. The quantitative estimate of drug-likeness (QED) is 0.388. The van der Waals surface area contributed by atoms with Crippen molar-refractivity contribution < 1.29 is 27.4 Å². The number of ether oxygens (including phenoxy) is 2. The largest absolute Gasteiger partial charge is 0.496 e. The van der Waals surface area contributed by atoms with E-state index < -0.39 is 23.4 Å². The summed E-state index contributed by atoms with van der Waals surface area (Å²) in [4.78, 5) is 21.3. The number of aromatic nitrogens is 1. The van der Waals surface area contributed by atoms with Crippen molar-refractivity contribution in [1.29, 1.82) is 5.26 Å². The SMILES string of the molecule is COc1ccccc1-c1ccc(C2(NC(=O)OCCN(C)C)CCN(c3ccc(C(F)(F)F)cc3C#N)CC2)cn1. The van der Waals surface area contributed by atoms with Gasteiger partial charge in [-0.1, -0.05) is 18.2 Å². The lowest BCUT2D eigenvalue weighted by Crippen LogP contribution is -2.53. The standard InChI is InChI=1S/C30H32F3N5O3/c1-37(2)16-17-41-28(39)36-29(23-8-10-25(35-20-23)24-6-4-5-7-27(24)40-3)12-14-38(15-13-29)26-11-9-22(30(31,32)33)18-21(26)19-34/h4-11,18,20H,12-17H2,1-3H3,(H,36,39). The maximum atomic E-state index is 13.2. The number of alkyl carbamates (subject to hydrolysis) is 1. The number of nitrogens with one attached hydrogen (secondary N) is 1. The van der Waals surface area contributed by atoms with E-state index in [0.29, 0.717) is 49.6 Å². The van der Waals surface area contributed by atoms with Crippen molar-refractivity contribution >= 4 is 11.8 Å². The minimum absolute atomic E-state index is 0.0498. The van der Waals surface area contributed by atoms with Crippen LogP contribution in [0.1, 0.15) is 29.5 Å². The summed E-state index contributed by atoms with van der Waals surface area (Å²) in [6.07, 6.45) is -2.56. The van der Waals surface area contributed by atoms with E-state index in [9.17, 15) is 23.2 Å². The number of hydrogen-bond donors (Lipinski definition) is 1. The molecule has 0 aliphatic carbocycles. The van der Waals surface area contributed by atoms with Gasteiger partial charge in [0.2, 0.25) is 0 Å². The van der Waals surface area contributed by atoms with Gasteiger partial charge in [-0.15, -0.1) is 0 Å². The van der Waals surface area contributed by atoms with Crippen LogP contribution < -0.4 is 15.0 Å². The number of halogens is 3. The van der Waals surface area contributed by atoms with Gasteiger partial charge >= 0.3 is 12.3 Å². The Balaban J connectivity index is 1.60. The van der Waals surface area contributed by atoms with Crippen molar-refractivity contribution in [3.05, 3.63) is 77.5 Å². The average molecular weight is 568 g/mol. The van der Waals surface area contributed by atoms with E-state index in [1.54, 1.807) is 13.3 Å². The lowest BCUT2D eigenvalue weighted by atomic mass is 9.81. The highest BCUT2D eigenvalue weighted by Crippen LogP contribution is 2.38. The summed E-state index contributed by atoms with van der Waals surface area (Å²) in [6.45, 7) is 1.54. The number of hydrogen-bond acceptors (Lipinski definition) is 7. The number of anilines is 1. The number of likely N-dealkylation sites (N-methyl/N-ethyl adjacent to an activating group) is 1. The number of rotatable bonds is 8. The third kappa shape index (κ3) is 6.89. The molecule has 0 radical (unpaired) electrons. The Morgan fingerprint density at radius 1 is 1.15 bits per heavy atom. The molecule has 0 bridgehead atoms. The number of carbonyl (C=O) groups excluding carboxylic acids is 1. The number of para-hydroxylation sites is 1. The molecule has 1 amide bonds. The zero-order valence-electron chi connectivity index (χ0n) is 23.2. The number of benzene rings is 2. The van der Waals surface area contributed by atoms with Gasteiger partial charge in [0.1, 0.15) is 18.4 Å². The summed E-state index contributed by atoms with van der Waals surface area (Å²) in [5.41, 5.74) is 0.972. The molecular formula is C30H32F3N5O3. The molecule has 1 aromatic heterocycles. The van der Waals surface area contributed by atoms with Gasteiger partial charge in [0.15, 0.2) is 0 Å². The summed E-state index contributed by atoms with van der Waals surface area (Å²) in [7, 11) is 5.35. The van der Waals surface area contributed by atoms with Gasteiger partial charge in [-0.2, -0.15) is 18.4 Å². The maximum absolute atomic E-state index is 13.2. The summed E-state index contributed by atoms with van der Waals surface area (Å²) in [5, 5.41) is 12.6. The fraction of sp³-hybridized carbons (Fsp3) is 0.367. The third-order valence-electron chi connectivity index (χ3n) is 7.21. The smallest absolute Gasteiger partial charge is 0.416 e. The highest BCUT2D eigenvalue weighted by molar-refractivity contribution is 5.70. The molecule has 0 saturated carbocycles. The van der Waals surface area contributed by atoms with E-state index in [4.69, 9.17) is 9.47 Å². The van der Waals surface area contributed by atoms with Crippen LogP contribution in [0.25, 0.3) is 11.3 Å². The fourth-order valence-corrected chi connectivity index (χ4v) is 4.94. The second kappa shape index (κ2) is 12.5. The first-order chi connectivity index (χ1) is 19.6. The first-order valence-corrected chi connectivity index (χ1v) is 13.1. The number of amides is 1. The average Bonchev–Trinajstić information content (AvgIpc) is 2.96. The van der Waals surface area contributed by atoms with Crippen LogP contribution in [0.3, 0.4) is 0 Å².